The topological polar surface area (TPSA) is 143 Å². The van der Waals surface area contributed by atoms with Gasteiger partial charge in [-0.05, 0) is 110 Å². The van der Waals surface area contributed by atoms with Crippen LogP contribution in [0, 0.1) is 51.2 Å². The number of Topliss-reactive ketones (excluding diaryl/α,β-unsaturated/α-hetero) is 1. The van der Waals surface area contributed by atoms with E-state index in [0.29, 0.717) is 36.4 Å². The summed E-state index contributed by atoms with van der Waals surface area (Å²) < 4.78 is 23.2. The normalized spacial score (nSPS) is 45.0. The standard InChI is InChI=1S/C40H58O10/c1-21-26-11-14-39(8)27-12-16-40(18-17-37(5,6)19-28(40)25(27)9-10-31(39)38(26,7)15-13-29(21)44)20-30-32(47-22(2)41)33(48-23(3)42)34(49-24(4)43)35(50-30)36(45)46/h9,21,26-28,30-35H,10-20H2,1-8H3,(H,45,46). The number of carboxylic acids is 1. The van der Waals surface area contributed by atoms with E-state index in [9.17, 15) is 29.1 Å². The summed E-state index contributed by atoms with van der Waals surface area (Å²) in [5, 5.41) is 10.3. The molecule has 0 bridgehead atoms. The number of hydrogen-bond donors (Lipinski definition) is 1. The Labute approximate surface area is 296 Å². The lowest BCUT2D eigenvalue weighted by Crippen LogP contribution is -2.64. The summed E-state index contributed by atoms with van der Waals surface area (Å²) in [7, 11) is 0. The molecule has 0 aromatic carbocycles. The van der Waals surface area contributed by atoms with Crippen LogP contribution in [-0.2, 0) is 42.9 Å². The zero-order valence-corrected chi connectivity index (χ0v) is 31.3. The average molecular weight is 699 g/mol. The monoisotopic (exact) mass is 698 g/mol. The summed E-state index contributed by atoms with van der Waals surface area (Å²) in [4.78, 5) is 62.5. The summed E-state index contributed by atoms with van der Waals surface area (Å²) >= 11 is 0. The smallest absolute Gasteiger partial charge is 0.336 e. The number of carbonyl (C=O) groups excluding carboxylic acids is 4. The molecule has 1 aliphatic heterocycles. The second-order valence-electron chi connectivity index (χ2n) is 18.1. The first-order chi connectivity index (χ1) is 23.3. The Morgan fingerprint density at radius 3 is 2.10 bits per heavy atom. The van der Waals surface area contributed by atoms with E-state index in [1.807, 2.05) is 0 Å². The van der Waals surface area contributed by atoms with Crippen molar-refractivity contribution in [2.24, 2.45) is 51.2 Å². The first-order valence-corrected chi connectivity index (χ1v) is 18.9. The van der Waals surface area contributed by atoms with Crippen molar-refractivity contribution >= 4 is 29.7 Å². The lowest BCUT2D eigenvalue weighted by molar-refractivity contribution is -0.254. The van der Waals surface area contributed by atoms with Crippen molar-refractivity contribution in [3.05, 3.63) is 11.6 Å². The molecule has 0 aromatic heterocycles. The van der Waals surface area contributed by atoms with Gasteiger partial charge in [0.15, 0.2) is 24.4 Å². The van der Waals surface area contributed by atoms with E-state index in [2.05, 4.69) is 40.7 Å². The molecular formula is C40H58O10. The highest BCUT2D eigenvalue weighted by atomic mass is 16.7. The van der Waals surface area contributed by atoms with Gasteiger partial charge in [0.2, 0.25) is 0 Å². The van der Waals surface area contributed by atoms with Crippen molar-refractivity contribution in [2.75, 3.05) is 0 Å². The fourth-order valence-electron chi connectivity index (χ4n) is 12.5. The summed E-state index contributed by atoms with van der Waals surface area (Å²) in [5.41, 5.74) is 1.62. The van der Waals surface area contributed by atoms with Crippen molar-refractivity contribution in [3.63, 3.8) is 0 Å². The number of allylic oxidation sites excluding steroid dienone is 2. The highest BCUT2D eigenvalue weighted by Gasteiger charge is 2.64. The molecule has 6 rings (SSSR count). The Bertz CT molecular complexity index is 1450. The van der Waals surface area contributed by atoms with Gasteiger partial charge in [0, 0.05) is 33.1 Å². The molecule has 1 heterocycles. The van der Waals surface area contributed by atoms with Crippen molar-refractivity contribution in [1.29, 1.82) is 0 Å². The predicted molar refractivity (Wildman–Crippen MR) is 182 cm³/mol. The van der Waals surface area contributed by atoms with E-state index < -0.39 is 54.4 Å². The molecule has 10 heteroatoms. The summed E-state index contributed by atoms with van der Waals surface area (Å²) in [6.07, 6.45) is 6.11. The van der Waals surface area contributed by atoms with Gasteiger partial charge in [-0.25, -0.2) is 4.79 Å². The predicted octanol–water partition coefficient (Wildman–Crippen LogP) is 6.61. The summed E-state index contributed by atoms with van der Waals surface area (Å²) in [5.74, 6) is -1.32. The highest BCUT2D eigenvalue weighted by Crippen LogP contribution is 2.71. The molecule has 50 heavy (non-hydrogen) atoms. The number of ketones is 1. The van der Waals surface area contributed by atoms with Crippen molar-refractivity contribution < 1.29 is 48.0 Å². The van der Waals surface area contributed by atoms with Crippen LogP contribution in [0.3, 0.4) is 0 Å². The molecule has 5 fully saturated rings. The molecule has 0 aromatic rings. The third kappa shape index (κ3) is 6.23. The molecule has 0 radical (unpaired) electrons. The SMILES string of the molecule is CC(=O)OC1C(CC23CCC4C(=CCC5C4(C)CCC4C(C)C(=O)CCC45C)C2CC(C)(C)CC3)OC(C(=O)O)C(OC(C)=O)C1OC(C)=O. The first-order valence-electron chi connectivity index (χ1n) is 18.9. The van der Waals surface area contributed by atoms with Gasteiger partial charge in [0.05, 0.1) is 0 Å². The molecule has 0 spiro atoms. The number of aliphatic carboxylic acids is 1. The number of fused-ring (bicyclic) bond motifs is 7. The van der Waals surface area contributed by atoms with Crippen LogP contribution in [-0.4, -0.2) is 65.3 Å². The van der Waals surface area contributed by atoms with Gasteiger partial charge < -0.3 is 24.1 Å². The van der Waals surface area contributed by atoms with E-state index in [4.69, 9.17) is 18.9 Å². The van der Waals surface area contributed by atoms with Crippen molar-refractivity contribution in [1.82, 2.24) is 0 Å². The van der Waals surface area contributed by atoms with Crippen LogP contribution in [0.25, 0.3) is 0 Å². The largest absolute Gasteiger partial charge is 0.479 e. The van der Waals surface area contributed by atoms with E-state index in [1.54, 1.807) is 0 Å². The molecule has 278 valence electrons. The maximum atomic E-state index is 12.8. The van der Waals surface area contributed by atoms with Gasteiger partial charge in [-0.3, -0.25) is 19.2 Å². The first kappa shape index (κ1) is 37.0. The maximum absolute atomic E-state index is 12.8. The number of esters is 3. The minimum absolute atomic E-state index is 0.102. The number of rotatable bonds is 6. The maximum Gasteiger partial charge on any atom is 0.336 e. The highest BCUT2D eigenvalue weighted by molar-refractivity contribution is 5.82. The Kier molecular flexibility index (Phi) is 9.65. The zero-order chi connectivity index (χ0) is 36.6. The van der Waals surface area contributed by atoms with Crippen molar-refractivity contribution in [3.8, 4) is 0 Å². The van der Waals surface area contributed by atoms with Crippen LogP contribution in [0.2, 0.25) is 0 Å². The lowest BCUT2D eigenvalue weighted by atomic mass is 9.38. The minimum atomic E-state index is -1.61. The Balaban J connectivity index is 1.38. The molecular weight excluding hydrogens is 640 g/mol. The molecule has 6 aliphatic rings. The Morgan fingerprint density at radius 1 is 0.820 bits per heavy atom. The Hall–Kier alpha value is -2.75. The molecule has 4 saturated carbocycles. The lowest BCUT2D eigenvalue weighted by Gasteiger charge is -2.66. The number of ether oxygens (including phenoxy) is 4. The number of carbonyl (C=O) groups is 5. The average Bonchev–Trinajstić information content (AvgIpc) is 3.01. The van der Waals surface area contributed by atoms with Gasteiger partial charge in [-0.2, -0.15) is 0 Å². The van der Waals surface area contributed by atoms with E-state index in [0.717, 1.165) is 64.7 Å². The second kappa shape index (κ2) is 13.0. The van der Waals surface area contributed by atoms with Gasteiger partial charge in [-0.15, -0.1) is 0 Å². The molecule has 5 aliphatic carbocycles. The molecule has 10 nitrogen and oxygen atoms in total. The van der Waals surface area contributed by atoms with Crippen LogP contribution in [0.15, 0.2) is 11.6 Å². The Morgan fingerprint density at radius 2 is 1.46 bits per heavy atom. The van der Waals surface area contributed by atoms with Gasteiger partial charge in [-0.1, -0.05) is 46.3 Å². The fraction of sp³-hybridized carbons (Fsp3) is 0.825. The van der Waals surface area contributed by atoms with Gasteiger partial charge in [0.25, 0.3) is 0 Å². The minimum Gasteiger partial charge on any atom is -0.479 e. The molecule has 0 amide bonds. The van der Waals surface area contributed by atoms with Crippen LogP contribution in [0.5, 0.6) is 0 Å². The van der Waals surface area contributed by atoms with Crippen LogP contribution < -0.4 is 0 Å². The molecule has 1 saturated heterocycles. The van der Waals surface area contributed by atoms with Gasteiger partial charge >= 0.3 is 23.9 Å². The fourth-order valence-corrected chi connectivity index (χ4v) is 12.5. The zero-order valence-electron chi connectivity index (χ0n) is 31.3. The molecule has 13 unspecified atom stereocenters. The number of carboxylic acid groups (broad SMARTS) is 1. The van der Waals surface area contributed by atoms with Gasteiger partial charge in [0.1, 0.15) is 11.9 Å². The third-order valence-electron chi connectivity index (χ3n) is 14.8. The third-order valence-corrected chi connectivity index (χ3v) is 14.8. The summed E-state index contributed by atoms with van der Waals surface area (Å²) in [6.45, 7) is 15.4. The van der Waals surface area contributed by atoms with Crippen LogP contribution >= 0.6 is 0 Å². The quantitative estimate of drug-likeness (QED) is 0.183. The van der Waals surface area contributed by atoms with E-state index in [-0.39, 0.29) is 33.5 Å². The molecule has 1 N–H and O–H groups in total. The van der Waals surface area contributed by atoms with E-state index >= 15 is 0 Å². The van der Waals surface area contributed by atoms with Crippen LogP contribution in [0.4, 0.5) is 0 Å². The van der Waals surface area contributed by atoms with Crippen molar-refractivity contribution in [2.45, 2.75) is 157 Å². The number of hydrogen-bond acceptors (Lipinski definition) is 9. The van der Waals surface area contributed by atoms with Crippen LogP contribution in [0.1, 0.15) is 126 Å². The summed E-state index contributed by atoms with van der Waals surface area (Å²) in [6, 6.07) is 0. The van der Waals surface area contributed by atoms with E-state index in [1.165, 1.54) is 19.4 Å². The molecule has 13 atom stereocenters. The second-order valence-corrected chi connectivity index (χ2v) is 18.1.